The molecule has 0 spiro atoms. The van der Waals surface area contributed by atoms with Gasteiger partial charge in [0.2, 0.25) is 0 Å². The van der Waals surface area contributed by atoms with Crippen LogP contribution in [0.5, 0.6) is 0 Å². The predicted molar refractivity (Wildman–Crippen MR) is 83.0 cm³/mol. The second-order valence-corrected chi connectivity index (χ2v) is 7.33. The zero-order valence-electron chi connectivity index (χ0n) is 11.4. The summed E-state index contributed by atoms with van der Waals surface area (Å²) in [7, 11) is -0.956. The first kappa shape index (κ1) is 14.9. The van der Waals surface area contributed by atoms with Gasteiger partial charge in [-0.15, -0.1) is 11.3 Å². The number of aromatic nitrogens is 1. The average Bonchev–Trinajstić information content (AvgIpc) is 2.65. The minimum atomic E-state index is -0.956. The van der Waals surface area contributed by atoms with E-state index in [2.05, 4.69) is 10.3 Å². The Hall–Kier alpha value is -1.54. The number of hydrogen-bond donors (Lipinski definition) is 1. The number of aryl methyl sites for hydroxylation is 1. The van der Waals surface area contributed by atoms with Gasteiger partial charge in [0.1, 0.15) is 5.69 Å². The normalized spacial score (nSPS) is 14.2. The molecule has 2 atom stereocenters. The molecule has 0 bridgehead atoms. The van der Waals surface area contributed by atoms with Gasteiger partial charge in [-0.2, -0.15) is 0 Å². The summed E-state index contributed by atoms with van der Waals surface area (Å²) in [6.07, 6.45) is 1.61. The largest absolute Gasteiger partial charge is 0.376 e. The summed E-state index contributed by atoms with van der Waals surface area (Å²) in [5, 5.41) is 15.1. The third-order valence-electron chi connectivity index (χ3n) is 2.70. The van der Waals surface area contributed by atoms with Crippen molar-refractivity contribution >= 4 is 43.7 Å². The maximum atomic E-state index is 11.2. The van der Waals surface area contributed by atoms with Crippen molar-refractivity contribution < 1.29 is 9.13 Å². The number of rotatable bonds is 5. The van der Waals surface area contributed by atoms with Gasteiger partial charge in [0.05, 0.1) is 20.1 Å². The third-order valence-corrected chi connectivity index (χ3v) is 4.60. The molecule has 6 nitrogen and oxygen atoms in total. The van der Waals surface area contributed by atoms with E-state index >= 15 is 0 Å². The van der Waals surface area contributed by atoms with E-state index in [9.17, 15) is 14.3 Å². The number of nitrogens with zero attached hydrogens (tertiary/aromatic N) is 2. The molecule has 8 heteroatoms. The van der Waals surface area contributed by atoms with E-state index < -0.39 is 15.7 Å². The van der Waals surface area contributed by atoms with Crippen LogP contribution in [-0.2, 0) is 10.8 Å². The van der Waals surface area contributed by atoms with Gasteiger partial charge in [-0.05, 0) is 19.9 Å². The van der Waals surface area contributed by atoms with Crippen molar-refractivity contribution in [1.82, 2.24) is 4.98 Å². The van der Waals surface area contributed by atoms with Crippen LogP contribution in [0.25, 0.3) is 10.2 Å². The summed E-state index contributed by atoms with van der Waals surface area (Å²) in [6, 6.07) is 3.11. The molecule has 20 heavy (non-hydrogen) atoms. The average molecular weight is 313 g/mol. The molecule has 2 aromatic rings. The van der Waals surface area contributed by atoms with E-state index in [1.807, 2.05) is 13.8 Å². The van der Waals surface area contributed by atoms with Crippen LogP contribution in [0.3, 0.4) is 0 Å². The highest BCUT2D eigenvalue weighted by Gasteiger charge is 2.18. The second kappa shape index (κ2) is 5.84. The zero-order valence-corrected chi connectivity index (χ0v) is 13.0. The highest BCUT2D eigenvalue weighted by atomic mass is 32.2. The Balaban J connectivity index is 2.41. The number of nitrogens with one attached hydrogen (secondary N) is 1. The lowest BCUT2D eigenvalue weighted by Crippen LogP contribution is -2.22. The molecule has 0 aliphatic carbocycles. The molecule has 2 unspecified atom stereocenters. The molecule has 108 valence electrons. The first-order valence-corrected chi connectivity index (χ1v) is 8.53. The number of fused-ring (bicyclic) bond motifs is 1. The number of benzene rings is 1. The van der Waals surface area contributed by atoms with Crippen LogP contribution < -0.4 is 5.32 Å². The molecule has 0 aliphatic heterocycles. The monoisotopic (exact) mass is 313 g/mol. The van der Waals surface area contributed by atoms with Gasteiger partial charge >= 0.3 is 0 Å². The number of nitro groups is 1. The van der Waals surface area contributed by atoms with Crippen LogP contribution in [0, 0.1) is 17.0 Å². The number of anilines is 1. The highest BCUT2D eigenvalue weighted by molar-refractivity contribution is 7.84. The van der Waals surface area contributed by atoms with Gasteiger partial charge in [0, 0.05) is 34.9 Å². The van der Waals surface area contributed by atoms with E-state index in [4.69, 9.17) is 0 Å². The number of hydrogen-bond acceptors (Lipinski definition) is 6. The molecule has 1 N–H and O–H groups in total. The third kappa shape index (κ3) is 3.31. The van der Waals surface area contributed by atoms with Gasteiger partial charge < -0.3 is 5.32 Å². The Bertz CT molecular complexity index is 684. The fourth-order valence-corrected chi connectivity index (χ4v) is 3.63. The second-order valence-electron chi connectivity index (χ2n) is 4.61. The van der Waals surface area contributed by atoms with Crippen molar-refractivity contribution in [3.8, 4) is 0 Å². The number of nitro benzene ring substituents is 1. The van der Waals surface area contributed by atoms with E-state index in [1.165, 1.54) is 17.4 Å². The molecule has 0 saturated heterocycles. The van der Waals surface area contributed by atoms with Crippen LogP contribution in [0.4, 0.5) is 11.4 Å². The first-order valence-electron chi connectivity index (χ1n) is 5.99. The highest BCUT2D eigenvalue weighted by Crippen LogP contribution is 2.33. The Kier molecular flexibility index (Phi) is 4.34. The molecular formula is C12H15N3O3S2. The fourth-order valence-electron chi connectivity index (χ4n) is 2.00. The molecule has 0 fully saturated rings. The van der Waals surface area contributed by atoms with Gasteiger partial charge in [0.25, 0.3) is 5.69 Å². The van der Waals surface area contributed by atoms with Crippen LogP contribution >= 0.6 is 11.3 Å². The summed E-state index contributed by atoms with van der Waals surface area (Å²) < 4.78 is 12.0. The lowest BCUT2D eigenvalue weighted by atomic mass is 10.2. The van der Waals surface area contributed by atoms with Crippen molar-refractivity contribution in [2.45, 2.75) is 19.9 Å². The van der Waals surface area contributed by atoms with Crippen LogP contribution in [0.2, 0.25) is 0 Å². The quantitative estimate of drug-likeness (QED) is 0.677. The van der Waals surface area contributed by atoms with Crippen molar-refractivity contribution in [2.75, 3.05) is 17.3 Å². The minimum absolute atomic E-state index is 0.0230. The summed E-state index contributed by atoms with van der Waals surface area (Å²) in [4.78, 5) is 15.1. The van der Waals surface area contributed by atoms with Crippen LogP contribution in [0.15, 0.2) is 12.1 Å². The fraction of sp³-hybridized carbons (Fsp3) is 0.417. The summed E-state index contributed by atoms with van der Waals surface area (Å²) in [6.45, 7) is 3.72. The summed E-state index contributed by atoms with van der Waals surface area (Å²) >= 11 is 1.43. The van der Waals surface area contributed by atoms with Gasteiger partial charge in [-0.1, -0.05) is 0 Å². The lowest BCUT2D eigenvalue weighted by molar-refractivity contribution is -0.383. The van der Waals surface area contributed by atoms with Crippen molar-refractivity contribution in [1.29, 1.82) is 0 Å². The van der Waals surface area contributed by atoms with Crippen LogP contribution in [-0.4, -0.2) is 32.2 Å². The maximum absolute atomic E-state index is 11.2. The van der Waals surface area contributed by atoms with Crippen molar-refractivity contribution in [2.24, 2.45) is 0 Å². The van der Waals surface area contributed by atoms with Crippen LogP contribution in [0.1, 0.15) is 11.9 Å². The smallest absolute Gasteiger partial charge is 0.293 e. The molecular weight excluding hydrogens is 298 g/mol. The van der Waals surface area contributed by atoms with Crippen molar-refractivity contribution in [3.05, 3.63) is 27.3 Å². The standard InChI is InChI=1S/C12H15N3O3S2/c1-7(6-20(3)18)13-9-4-10-12(19-8(2)14-10)5-11(9)15(16)17/h4-5,7,13H,6H2,1-3H3. The lowest BCUT2D eigenvalue weighted by Gasteiger charge is -2.13. The van der Waals surface area contributed by atoms with E-state index in [0.717, 1.165) is 15.2 Å². The first-order chi connectivity index (χ1) is 9.36. The molecule has 0 saturated carbocycles. The Morgan fingerprint density at radius 1 is 1.55 bits per heavy atom. The Morgan fingerprint density at radius 2 is 2.25 bits per heavy atom. The molecule has 0 radical (unpaired) electrons. The molecule has 2 rings (SSSR count). The maximum Gasteiger partial charge on any atom is 0.293 e. The SMILES string of the molecule is Cc1nc2cc(NC(C)CS(C)=O)c([N+](=O)[O-])cc2s1. The summed E-state index contributed by atoms with van der Waals surface area (Å²) in [5.41, 5.74) is 1.19. The molecule has 1 aromatic carbocycles. The molecule has 0 aliphatic rings. The Morgan fingerprint density at radius 3 is 2.85 bits per heavy atom. The van der Waals surface area contributed by atoms with Gasteiger partial charge in [-0.25, -0.2) is 4.98 Å². The topological polar surface area (TPSA) is 85.1 Å². The minimum Gasteiger partial charge on any atom is -0.376 e. The van der Waals surface area contributed by atoms with E-state index in [0.29, 0.717) is 11.4 Å². The summed E-state index contributed by atoms with van der Waals surface area (Å²) in [5.74, 6) is 0.436. The zero-order chi connectivity index (χ0) is 14.9. The Labute approximate surface area is 122 Å². The molecule has 1 aromatic heterocycles. The van der Waals surface area contributed by atoms with Gasteiger partial charge in [-0.3, -0.25) is 14.3 Å². The van der Waals surface area contributed by atoms with E-state index in [-0.39, 0.29) is 11.7 Å². The number of thiazole rings is 1. The van der Waals surface area contributed by atoms with Gasteiger partial charge in [0.15, 0.2) is 0 Å². The van der Waals surface area contributed by atoms with E-state index in [1.54, 1.807) is 12.3 Å². The molecule has 0 amide bonds. The van der Waals surface area contributed by atoms with Crippen molar-refractivity contribution in [3.63, 3.8) is 0 Å². The predicted octanol–water partition coefficient (Wildman–Crippen LogP) is 2.69. The molecule has 1 heterocycles.